The van der Waals surface area contributed by atoms with E-state index in [-0.39, 0.29) is 12.6 Å². The molecule has 0 aromatic rings. The van der Waals surface area contributed by atoms with E-state index < -0.39 is 19.5 Å². The van der Waals surface area contributed by atoms with Crippen molar-refractivity contribution in [2.45, 2.75) is 13.3 Å². The SMILES string of the molecule is C[C@@H](CCP(=O)(O)O)C(=O)O. The molecule has 11 heavy (non-hydrogen) atoms. The highest BCUT2D eigenvalue weighted by molar-refractivity contribution is 7.51. The van der Waals surface area contributed by atoms with Crippen molar-refractivity contribution < 1.29 is 24.3 Å². The van der Waals surface area contributed by atoms with Crippen LogP contribution in [0, 0.1) is 5.92 Å². The maximum absolute atomic E-state index is 10.3. The molecule has 0 saturated heterocycles. The Balaban J connectivity index is 3.72. The zero-order valence-electron chi connectivity index (χ0n) is 6.10. The Bertz CT molecular complexity index is 183. The molecule has 0 fully saturated rings. The van der Waals surface area contributed by atoms with Gasteiger partial charge in [-0.2, -0.15) is 0 Å². The first-order chi connectivity index (χ1) is 4.83. The van der Waals surface area contributed by atoms with Crippen molar-refractivity contribution in [3.8, 4) is 0 Å². The van der Waals surface area contributed by atoms with Crippen LogP contribution in [0.1, 0.15) is 13.3 Å². The summed E-state index contributed by atoms with van der Waals surface area (Å²) in [6.07, 6.45) is -0.347. The average molecular weight is 182 g/mol. The molecule has 0 spiro atoms. The normalized spacial score (nSPS) is 14.5. The lowest BCUT2D eigenvalue weighted by atomic mass is 10.1. The number of hydrogen-bond acceptors (Lipinski definition) is 2. The Kier molecular flexibility index (Phi) is 3.72. The van der Waals surface area contributed by atoms with Crippen molar-refractivity contribution in [2.24, 2.45) is 5.92 Å². The molecule has 5 nitrogen and oxygen atoms in total. The Labute approximate surface area is 64.2 Å². The van der Waals surface area contributed by atoms with Gasteiger partial charge in [-0.1, -0.05) is 6.92 Å². The van der Waals surface area contributed by atoms with Crippen LogP contribution < -0.4 is 0 Å². The molecule has 0 bridgehead atoms. The summed E-state index contributed by atoms with van der Waals surface area (Å²) in [7, 11) is -4.02. The number of rotatable bonds is 4. The van der Waals surface area contributed by atoms with Gasteiger partial charge in [0, 0.05) is 0 Å². The minimum atomic E-state index is -4.02. The van der Waals surface area contributed by atoms with Gasteiger partial charge in [0.05, 0.1) is 12.1 Å². The number of aliphatic carboxylic acids is 1. The van der Waals surface area contributed by atoms with Crippen LogP contribution in [0.4, 0.5) is 0 Å². The fourth-order valence-electron chi connectivity index (χ4n) is 0.485. The zero-order valence-corrected chi connectivity index (χ0v) is 6.99. The molecule has 0 aliphatic carbocycles. The van der Waals surface area contributed by atoms with Gasteiger partial charge in [-0.25, -0.2) is 0 Å². The van der Waals surface area contributed by atoms with E-state index in [1.54, 1.807) is 0 Å². The molecule has 0 heterocycles. The van der Waals surface area contributed by atoms with Crippen molar-refractivity contribution in [3.05, 3.63) is 0 Å². The first kappa shape index (κ1) is 10.6. The summed E-state index contributed by atoms with van der Waals surface area (Å²) in [4.78, 5) is 26.9. The summed E-state index contributed by atoms with van der Waals surface area (Å²) < 4.78 is 10.3. The molecular formula is C5H11O5P. The molecule has 0 radical (unpaired) electrons. The summed E-state index contributed by atoms with van der Waals surface area (Å²) in [5.74, 6) is -1.72. The predicted molar refractivity (Wildman–Crippen MR) is 38.3 cm³/mol. The maximum atomic E-state index is 10.3. The Morgan fingerprint density at radius 2 is 2.00 bits per heavy atom. The number of carbonyl (C=O) groups is 1. The summed E-state index contributed by atoms with van der Waals surface area (Å²) in [6.45, 7) is 1.41. The van der Waals surface area contributed by atoms with Crippen molar-refractivity contribution in [1.29, 1.82) is 0 Å². The molecule has 0 amide bonds. The van der Waals surface area contributed by atoms with E-state index in [1.165, 1.54) is 6.92 Å². The third-order valence-corrected chi connectivity index (χ3v) is 2.12. The fourth-order valence-corrected chi connectivity index (χ4v) is 1.21. The highest BCUT2D eigenvalue weighted by atomic mass is 31.2. The van der Waals surface area contributed by atoms with Crippen LogP contribution in [0.25, 0.3) is 0 Å². The number of carboxylic acid groups (broad SMARTS) is 1. The van der Waals surface area contributed by atoms with Crippen LogP contribution in [0.15, 0.2) is 0 Å². The summed E-state index contributed by atoms with van der Waals surface area (Å²) in [5.41, 5.74) is 0. The monoisotopic (exact) mass is 182 g/mol. The minimum Gasteiger partial charge on any atom is -0.481 e. The third-order valence-electron chi connectivity index (χ3n) is 1.27. The van der Waals surface area contributed by atoms with E-state index in [4.69, 9.17) is 14.9 Å². The summed E-state index contributed by atoms with van der Waals surface area (Å²) >= 11 is 0. The lowest BCUT2D eigenvalue weighted by Crippen LogP contribution is -2.10. The molecule has 0 rings (SSSR count). The van der Waals surface area contributed by atoms with Gasteiger partial charge < -0.3 is 14.9 Å². The van der Waals surface area contributed by atoms with E-state index >= 15 is 0 Å². The van der Waals surface area contributed by atoms with Crippen LogP contribution in [-0.4, -0.2) is 27.0 Å². The van der Waals surface area contributed by atoms with Gasteiger partial charge in [-0.15, -0.1) is 0 Å². The van der Waals surface area contributed by atoms with E-state index in [0.717, 1.165) is 0 Å². The summed E-state index contributed by atoms with van der Waals surface area (Å²) in [5, 5.41) is 8.33. The highest BCUT2D eigenvalue weighted by Crippen LogP contribution is 2.35. The lowest BCUT2D eigenvalue weighted by molar-refractivity contribution is -0.141. The van der Waals surface area contributed by atoms with E-state index in [0.29, 0.717) is 0 Å². The van der Waals surface area contributed by atoms with Gasteiger partial charge in [0.2, 0.25) is 0 Å². The molecule has 0 aromatic carbocycles. The van der Waals surface area contributed by atoms with Crippen LogP contribution in [0.2, 0.25) is 0 Å². The number of hydrogen-bond donors (Lipinski definition) is 3. The van der Waals surface area contributed by atoms with Gasteiger partial charge in [0.1, 0.15) is 0 Å². The zero-order chi connectivity index (χ0) is 9.07. The minimum absolute atomic E-state index is 0.0135. The van der Waals surface area contributed by atoms with Crippen molar-refractivity contribution >= 4 is 13.6 Å². The largest absolute Gasteiger partial charge is 0.481 e. The van der Waals surface area contributed by atoms with Crippen LogP contribution in [0.5, 0.6) is 0 Å². The standard InChI is InChI=1S/C5H11O5P/c1-4(5(6)7)2-3-11(8,9)10/h4H,2-3H2,1H3,(H,6,7)(H2,8,9,10)/t4-/m0/s1. The van der Waals surface area contributed by atoms with Gasteiger partial charge >= 0.3 is 13.6 Å². The molecule has 1 atom stereocenters. The van der Waals surface area contributed by atoms with Gasteiger partial charge in [-0.05, 0) is 6.42 Å². The van der Waals surface area contributed by atoms with Crippen LogP contribution >= 0.6 is 7.60 Å². The van der Waals surface area contributed by atoms with E-state index in [9.17, 15) is 9.36 Å². The van der Waals surface area contributed by atoms with Crippen molar-refractivity contribution in [2.75, 3.05) is 6.16 Å². The molecule has 0 aliphatic heterocycles. The van der Waals surface area contributed by atoms with Gasteiger partial charge in [-0.3, -0.25) is 9.36 Å². The summed E-state index contributed by atoms with van der Waals surface area (Å²) in [6, 6.07) is 0. The quantitative estimate of drug-likeness (QED) is 0.542. The van der Waals surface area contributed by atoms with Crippen molar-refractivity contribution in [1.82, 2.24) is 0 Å². The molecule has 3 N–H and O–H groups in total. The Morgan fingerprint density at radius 3 is 2.27 bits per heavy atom. The maximum Gasteiger partial charge on any atom is 0.325 e. The first-order valence-electron chi connectivity index (χ1n) is 3.10. The fraction of sp³-hybridized carbons (Fsp3) is 0.800. The van der Waals surface area contributed by atoms with Gasteiger partial charge in [0.25, 0.3) is 0 Å². The smallest absolute Gasteiger partial charge is 0.325 e. The topological polar surface area (TPSA) is 94.8 Å². The van der Waals surface area contributed by atoms with Crippen LogP contribution in [-0.2, 0) is 9.36 Å². The van der Waals surface area contributed by atoms with Crippen molar-refractivity contribution in [3.63, 3.8) is 0 Å². The molecular weight excluding hydrogens is 171 g/mol. The molecule has 0 saturated carbocycles. The Morgan fingerprint density at radius 1 is 1.55 bits per heavy atom. The second-order valence-corrected chi connectivity index (χ2v) is 4.19. The molecule has 6 heteroatoms. The van der Waals surface area contributed by atoms with E-state index in [1.807, 2.05) is 0 Å². The molecule has 0 unspecified atom stereocenters. The predicted octanol–water partition coefficient (Wildman–Crippen LogP) is 0.275. The number of carboxylic acids is 1. The second-order valence-electron chi connectivity index (χ2n) is 2.42. The van der Waals surface area contributed by atoms with E-state index in [2.05, 4.69) is 0 Å². The van der Waals surface area contributed by atoms with Gasteiger partial charge in [0.15, 0.2) is 0 Å². The molecule has 0 aromatic heterocycles. The second kappa shape index (κ2) is 3.85. The molecule has 0 aliphatic rings. The third kappa shape index (κ3) is 6.04. The lowest BCUT2D eigenvalue weighted by Gasteiger charge is -2.06. The van der Waals surface area contributed by atoms with Crippen LogP contribution in [0.3, 0.4) is 0 Å². The first-order valence-corrected chi connectivity index (χ1v) is 4.90. The highest BCUT2D eigenvalue weighted by Gasteiger charge is 2.18. The Hall–Kier alpha value is -0.380. The molecule has 66 valence electrons. The average Bonchev–Trinajstić information content (AvgIpc) is 1.80.